The maximum atomic E-state index is 11.7. The van der Waals surface area contributed by atoms with Gasteiger partial charge < -0.3 is 11.1 Å². The van der Waals surface area contributed by atoms with E-state index in [0.717, 1.165) is 22.4 Å². The molecule has 4 heteroatoms. The van der Waals surface area contributed by atoms with Gasteiger partial charge in [0.25, 0.3) is 0 Å². The Balaban J connectivity index is 2.07. The fourth-order valence-corrected chi connectivity index (χ4v) is 2.93. The minimum Gasteiger partial charge on any atom is -0.325 e. The molecule has 1 atom stereocenters. The zero-order valence-corrected chi connectivity index (χ0v) is 12.6. The number of aryl methyl sites for hydroxylation is 2. The highest BCUT2D eigenvalue weighted by Crippen LogP contribution is 2.35. The fraction of sp³-hybridized carbons (Fsp3) is 0.235. The van der Waals surface area contributed by atoms with Crippen LogP contribution in [0.15, 0.2) is 36.4 Å². The molecule has 3 nitrogen and oxygen atoms in total. The van der Waals surface area contributed by atoms with Gasteiger partial charge in [-0.05, 0) is 42.2 Å². The number of nitrogens with one attached hydrogen (secondary N) is 1. The molecule has 21 heavy (non-hydrogen) atoms. The van der Waals surface area contributed by atoms with Crippen LogP contribution in [-0.2, 0) is 11.2 Å². The van der Waals surface area contributed by atoms with Gasteiger partial charge in [-0.1, -0.05) is 41.4 Å². The minimum absolute atomic E-state index is 0.0298. The van der Waals surface area contributed by atoms with E-state index >= 15 is 0 Å². The van der Waals surface area contributed by atoms with E-state index in [2.05, 4.69) is 5.32 Å². The van der Waals surface area contributed by atoms with Gasteiger partial charge in [0.2, 0.25) is 5.91 Å². The maximum absolute atomic E-state index is 11.7. The first-order valence-electron chi connectivity index (χ1n) is 6.99. The Morgan fingerprint density at radius 1 is 1.19 bits per heavy atom. The number of carbonyl (C=O) groups excluding carboxylic acids is 1. The molecular weight excluding hydrogens is 284 g/mol. The predicted molar refractivity (Wildman–Crippen MR) is 85.6 cm³/mol. The van der Waals surface area contributed by atoms with Crippen molar-refractivity contribution in [1.29, 1.82) is 0 Å². The lowest BCUT2D eigenvalue weighted by atomic mass is 9.92. The van der Waals surface area contributed by atoms with Crippen LogP contribution in [0.25, 0.3) is 0 Å². The molecule has 0 fully saturated rings. The predicted octanol–water partition coefficient (Wildman–Crippen LogP) is 3.58. The highest BCUT2D eigenvalue weighted by Gasteiger charge is 2.22. The first-order valence-corrected chi connectivity index (χ1v) is 7.36. The highest BCUT2D eigenvalue weighted by molar-refractivity contribution is 6.31. The second-order valence-electron chi connectivity index (χ2n) is 5.47. The zero-order valence-electron chi connectivity index (χ0n) is 11.8. The number of anilines is 1. The lowest BCUT2D eigenvalue weighted by molar-refractivity contribution is -0.116. The number of halogens is 1. The van der Waals surface area contributed by atoms with Crippen LogP contribution in [-0.4, -0.2) is 5.91 Å². The van der Waals surface area contributed by atoms with Gasteiger partial charge in [-0.3, -0.25) is 4.79 Å². The summed E-state index contributed by atoms with van der Waals surface area (Å²) < 4.78 is 0. The molecule has 1 aliphatic heterocycles. The summed E-state index contributed by atoms with van der Waals surface area (Å²) >= 11 is 6.21. The fourth-order valence-electron chi connectivity index (χ4n) is 2.68. The van der Waals surface area contributed by atoms with Crippen LogP contribution < -0.4 is 11.1 Å². The molecule has 3 rings (SSSR count). The van der Waals surface area contributed by atoms with Crippen molar-refractivity contribution in [3.05, 3.63) is 63.7 Å². The van der Waals surface area contributed by atoms with E-state index in [1.807, 2.05) is 43.3 Å². The van der Waals surface area contributed by atoms with E-state index in [1.165, 1.54) is 5.56 Å². The van der Waals surface area contributed by atoms with E-state index in [0.29, 0.717) is 17.9 Å². The number of amides is 1. The van der Waals surface area contributed by atoms with Crippen molar-refractivity contribution < 1.29 is 4.79 Å². The highest BCUT2D eigenvalue weighted by atomic mass is 35.5. The van der Waals surface area contributed by atoms with Crippen LogP contribution in [0.2, 0.25) is 5.02 Å². The molecule has 108 valence electrons. The lowest BCUT2D eigenvalue weighted by Gasteiger charge is -2.24. The van der Waals surface area contributed by atoms with Crippen LogP contribution >= 0.6 is 11.6 Å². The Labute approximate surface area is 129 Å². The summed E-state index contributed by atoms with van der Waals surface area (Å²) in [6.07, 6.45) is 1.20. The molecule has 0 saturated carbocycles. The van der Waals surface area contributed by atoms with Crippen molar-refractivity contribution in [2.75, 3.05) is 5.32 Å². The molecule has 0 saturated heterocycles. The van der Waals surface area contributed by atoms with Gasteiger partial charge in [-0.25, -0.2) is 0 Å². The Morgan fingerprint density at radius 2 is 1.90 bits per heavy atom. The molecule has 1 aliphatic rings. The summed E-state index contributed by atoms with van der Waals surface area (Å²) in [5.74, 6) is 0.0298. The molecule has 1 heterocycles. The van der Waals surface area contributed by atoms with Crippen LogP contribution in [0.4, 0.5) is 5.69 Å². The van der Waals surface area contributed by atoms with Crippen molar-refractivity contribution in [1.82, 2.24) is 0 Å². The largest absolute Gasteiger partial charge is 0.325 e. The smallest absolute Gasteiger partial charge is 0.224 e. The molecule has 2 aromatic rings. The Morgan fingerprint density at radius 3 is 2.62 bits per heavy atom. The van der Waals surface area contributed by atoms with Gasteiger partial charge in [0, 0.05) is 17.1 Å². The third-order valence-electron chi connectivity index (χ3n) is 3.87. The molecule has 0 spiro atoms. The third kappa shape index (κ3) is 2.80. The summed E-state index contributed by atoms with van der Waals surface area (Å²) in [5, 5.41) is 3.60. The standard InChI is InChI=1S/C17H17ClN2O/c1-10-2-4-11(5-3-10)16(19)14-9-13(18)8-12-6-7-15(21)20-17(12)14/h2-5,8-9,16H,6-7,19H2,1H3,(H,20,21). The van der Waals surface area contributed by atoms with Gasteiger partial charge >= 0.3 is 0 Å². The third-order valence-corrected chi connectivity index (χ3v) is 4.09. The molecule has 0 aromatic heterocycles. The van der Waals surface area contributed by atoms with Crippen molar-refractivity contribution in [2.45, 2.75) is 25.8 Å². The Kier molecular flexibility index (Phi) is 3.70. The average Bonchev–Trinajstić information content (AvgIpc) is 2.47. The number of hydrogen-bond acceptors (Lipinski definition) is 2. The maximum Gasteiger partial charge on any atom is 0.224 e. The minimum atomic E-state index is -0.309. The monoisotopic (exact) mass is 300 g/mol. The van der Waals surface area contributed by atoms with Gasteiger partial charge in [0.1, 0.15) is 0 Å². The lowest BCUT2D eigenvalue weighted by Crippen LogP contribution is -2.23. The summed E-state index contributed by atoms with van der Waals surface area (Å²) in [6, 6.07) is 11.5. The number of carbonyl (C=O) groups is 1. The SMILES string of the molecule is Cc1ccc(C(N)c2cc(Cl)cc3c2NC(=O)CC3)cc1. The number of fused-ring (bicyclic) bond motifs is 1. The summed E-state index contributed by atoms with van der Waals surface area (Å²) in [5.41, 5.74) is 11.3. The first kappa shape index (κ1) is 14.1. The van der Waals surface area contributed by atoms with Crippen molar-refractivity contribution in [3.63, 3.8) is 0 Å². The molecule has 2 aromatic carbocycles. The first-order chi connectivity index (χ1) is 10.0. The zero-order chi connectivity index (χ0) is 15.0. The molecular formula is C17H17ClN2O. The molecule has 0 radical (unpaired) electrons. The van der Waals surface area contributed by atoms with E-state index in [9.17, 15) is 4.79 Å². The van der Waals surface area contributed by atoms with Crippen molar-refractivity contribution in [2.24, 2.45) is 5.73 Å². The van der Waals surface area contributed by atoms with E-state index in [4.69, 9.17) is 17.3 Å². The normalized spacial score (nSPS) is 15.3. The van der Waals surface area contributed by atoms with Gasteiger partial charge in [-0.15, -0.1) is 0 Å². The van der Waals surface area contributed by atoms with Crippen LogP contribution in [0.5, 0.6) is 0 Å². The number of nitrogens with two attached hydrogens (primary N) is 1. The number of rotatable bonds is 2. The van der Waals surface area contributed by atoms with Crippen LogP contribution in [0.1, 0.15) is 34.7 Å². The second kappa shape index (κ2) is 5.51. The second-order valence-corrected chi connectivity index (χ2v) is 5.90. The Hall–Kier alpha value is -1.84. The summed E-state index contributed by atoms with van der Waals surface area (Å²) in [6.45, 7) is 2.04. The van der Waals surface area contributed by atoms with Crippen molar-refractivity contribution >= 4 is 23.2 Å². The quantitative estimate of drug-likeness (QED) is 0.890. The number of hydrogen-bond donors (Lipinski definition) is 2. The molecule has 1 amide bonds. The molecule has 0 aliphatic carbocycles. The summed E-state index contributed by atoms with van der Waals surface area (Å²) in [7, 11) is 0. The molecule has 1 unspecified atom stereocenters. The van der Waals surface area contributed by atoms with E-state index in [1.54, 1.807) is 0 Å². The van der Waals surface area contributed by atoms with Crippen LogP contribution in [0, 0.1) is 6.92 Å². The topological polar surface area (TPSA) is 55.1 Å². The van der Waals surface area contributed by atoms with Crippen LogP contribution in [0.3, 0.4) is 0 Å². The van der Waals surface area contributed by atoms with Gasteiger partial charge in [0.15, 0.2) is 0 Å². The van der Waals surface area contributed by atoms with E-state index in [-0.39, 0.29) is 11.9 Å². The van der Waals surface area contributed by atoms with Gasteiger partial charge in [-0.2, -0.15) is 0 Å². The van der Waals surface area contributed by atoms with Gasteiger partial charge in [0.05, 0.1) is 6.04 Å². The number of benzene rings is 2. The average molecular weight is 301 g/mol. The summed E-state index contributed by atoms with van der Waals surface area (Å²) in [4.78, 5) is 11.7. The molecule has 3 N–H and O–H groups in total. The van der Waals surface area contributed by atoms with E-state index < -0.39 is 0 Å². The van der Waals surface area contributed by atoms with Crippen molar-refractivity contribution in [3.8, 4) is 0 Å². The Bertz CT molecular complexity index is 695. The molecule has 0 bridgehead atoms.